The van der Waals surface area contributed by atoms with E-state index >= 15 is 0 Å². The summed E-state index contributed by atoms with van der Waals surface area (Å²) in [4.78, 5) is 23.1. The van der Waals surface area contributed by atoms with E-state index in [1.807, 2.05) is 6.92 Å². The fourth-order valence-electron chi connectivity index (χ4n) is 3.99. The molecule has 2 rings (SSSR count). The molecule has 120 valence electrons. The molecule has 0 spiro atoms. The first-order valence-electron chi connectivity index (χ1n) is 8.19. The van der Waals surface area contributed by atoms with Gasteiger partial charge in [-0.05, 0) is 50.9 Å². The number of amides is 1. The number of hydrogen-bond donors (Lipinski definition) is 3. The molecule has 0 aromatic heterocycles. The lowest BCUT2D eigenvalue weighted by molar-refractivity contribution is -0.141. The molecule has 21 heavy (non-hydrogen) atoms. The van der Waals surface area contributed by atoms with Crippen molar-refractivity contribution in [1.29, 1.82) is 0 Å². The molecule has 0 radical (unpaired) electrons. The molecule has 6 unspecified atom stereocenters. The van der Waals surface area contributed by atoms with Gasteiger partial charge in [0.05, 0.1) is 11.8 Å². The summed E-state index contributed by atoms with van der Waals surface area (Å²) in [5.74, 6) is 0.0471. The van der Waals surface area contributed by atoms with Gasteiger partial charge >= 0.3 is 5.97 Å². The number of carboxylic acids is 1. The zero-order chi connectivity index (χ0) is 15.6. The highest BCUT2D eigenvalue weighted by Crippen LogP contribution is 2.47. The van der Waals surface area contributed by atoms with Gasteiger partial charge in [-0.3, -0.25) is 9.59 Å². The molecule has 1 amide bonds. The molecule has 2 bridgehead atoms. The van der Waals surface area contributed by atoms with Gasteiger partial charge in [0, 0.05) is 12.1 Å². The van der Waals surface area contributed by atoms with Crippen LogP contribution in [0.2, 0.25) is 0 Å². The normalized spacial score (nSPS) is 33.7. The quantitative estimate of drug-likeness (QED) is 0.667. The van der Waals surface area contributed by atoms with E-state index in [9.17, 15) is 9.59 Å². The third-order valence-electron chi connectivity index (χ3n) is 5.37. The van der Waals surface area contributed by atoms with Gasteiger partial charge in [0.2, 0.25) is 5.91 Å². The van der Waals surface area contributed by atoms with Crippen LogP contribution >= 0.6 is 0 Å². The first-order valence-corrected chi connectivity index (χ1v) is 8.19. The lowest BCUT2D eigenvalue weighted by atomic mass is 9.84. The largest absolute Gasteiger partial charge is 0.481 e. The van der Waals surface area contributed by atoms with Crippen LogP contribution in [-0.2, 0) is 9.59 Å². The van der Waals surface area contributed by atoms with E-state index in [1.165, 1.54) is 6.42 Å². The van der Waals surface area contributed by atoms with Gasteiger partial charge in [0.1, 0.15) is 0 Å². The van der Waals surface area contributed by atoms with E-state index in [1.54, 1.807) is 6.92 Å². The average Bonchev–Trinajstić information content (AvgIpc) is 2.98. The predicted octanol–water partition coefficient (Wildman–Crippen LogP) is 1.76. The van der Waals surface area contributed by atoms with Crippen molar-refractivity contribution in [3.8, 4) is 0 Å². The topological polar surface area (TPSA) is 92.4 Å². The maximum absolute atomic E-state index is 12.4. The lowest BCUT2D eigenvalue weighted by Gasteiger charge is -2.28. The number of hydrogen-bond acceptors (Lipinski definition) is 3. The first-order chi connectivity index (χ1) is 9.90. The molecule has 4 N–H and O–H groups in total. The van der Waals surface area contributed by atoms with E-state index in [-0.39, 0.29) is 29.8 Å². The number of carbonyl (C=O) groups excluding carboxylic acids is 1. The zero-order valence-corrected chi connectivity index (χ0v) is 13.0. The Morgan fingerprint density at radius 1 is 1.24 bits per heavy atom. The van der Waals surface area contributed by atoms with E-state index < -0.39 is 5.97 Å². The van der Waals surface area contributed by atoms with Crippen molar-refractivity contribution in [3.63, 3.8) is 0 Å². The predicted molar refractivity (Wildman–Crippen MR) is 80.6 cm³/mol. The smallest absolute Gasteiger partial charge is 0.306 e. The molecule has 2 aliphatic carbocycles. The Balaban J connectivity index is 1.71. The van der Waals surface area contributed by atoms with Crippen LogP contribution in [0.15, 0.2) is 0 Å². The highest BCUT2D eigenvalue weighted by molar-refractivity contribution is 5.80. The molecule has 0 aromatic carbocycles. The Bertz CT molecular complexity index is 397. The molecule has 5 heteroatoms. The minimum absolute atomic E-state index is 0.0101. The fourth-order valence-corrected chi connectivity index (χ4v) is 3.99. The van der Waals surface area contributed by atoms with Crippen LogP contribution in [0.5, 0.6) is 0 Å². The van der Waals surface area contributed by atoms with Crippen molar-refractivity contribution in [2.24, 2.45) is 29.4 Å². The summed E-state index contributed by atoms with van der Waals surface area (Å²) in [7, 11) is 0. The Morgan fingerprint density at radius 3 is 2.48 bits per heavy atom. The molecule has 2 saturated carbocycles. The van der Waals surface area contributed by atoms with Crippen LogP contribution in [0.25, 0.3) is 0 Å². The summed E-state index contributed by atoms with van der Waals surface area (Å²) in [6.07, 6.45) is 5.73. The number of carboxylic acid groups (broad SMARTS) is 1. The van der Waals surface area contributed by atoms with Crippen molar-refractivity contribution in [3.05, 3.63) is 0 Å². The average molecular weight is 296 g/mol. The molecule has 0 aliphatic heterocycles. The molecule has 0 aromatic rings. The fraction of sp³-hybridized carbons (Fsp3) is 0.875. The Morgan fingerprint density at radius 2 is 1.90 bits per heavy atom. The summed E-state index contributed by atoms with van der Waals surface area (Å²) < 4.78 is 0. The van der Waals surface area contributed by atoms with E-state index in [4.69, 9.17) is 10.8 Å². The second-order valence-electron chi connectivity index (χ2n) is 7.02. The highest BCUT2D eigenvalue weighted by atomic mass is 16.4. The number of carbonyl (C=O) groups is 2. The van der Waals surface area contributed by atoms with Gasteiger partial charge in [0.15, 0.2) is 0 Å². The van der Waals surface area contributed by atoms with Gasteiger partial charge in [-0.25, -0.2) is 0 Å². The number of fused-ring (bicyclic) bond motifs is 2. The monoisotopic (exact) mass is 296 g/mol. The number of aliphatic carboxylic acids is 1. The van der Waals surface area contributed by atoms with Crippen molar-refractivity contribution < 1.29 is 14.7 Å². The molecule has 2 fully saturated rings. The molecule has 2 aliphatic rings. The van der Waals surface area contributed by atoms with Crippen LogP contribution in [0, 0.1) is 23.7 Å². The van der Waals surface area contributed by atoms with Gasteiger partial charge in [-0.15, -0.1) is 0 Å². The number of rotatable bonds is 7. The van der Waals surface area contributed by atoms with Gasteiger partial charge in [0.25, 0.3) is 0 Å². The molecule has 0 heterocycles. The van der Waals surface area contributed by atoms with Crippen molar-refractivity contribution in [2.45, 2.75) is 64.5 Å². The third-order valence-corrected chi connectivity index (χ3v) is 5.37. The minimum atomic E-state index is -0.750. The van der Waals surface area contributed by atoms with Crippen LogP contribution in [0.3, 0.4) is 0 Å². The van der Waals surface area contributed by atoms with Crippen molar-refractivity contribution in [2.75, 3.05) is 0 Å². The number of nitrogens with one attached hydrogen (secondary N) is 1. The maximum atomic E-state index is 12.4. The van der Waals surface area contributed by atoms with Crippen LogP contribution in [0.4, 0.5) is 0 Å². The van der Waals surface area contributed by atoms with Crippen molar-refractivity contribution >= 4 is 11.9 Å². The Hall–Kier alpha value is -1.10. The standard InChI is InChI=1S/C16H28N2O3/c1-9(16(20)21)4-3-5-10(2)18-15(19)13-11-6-7-12(8-11)14(13)17/h9-14H,3-8,17H2,1-2H3,(H,18,19)(H,20,21). The lowest BCUT2D eigenvalue weighted by Crippen LogP contribution is -2.47. The second kappa shape index (κ2) is 6.77. The molecule has 0 saturated heterocycles. The Labute approximate surface area is 126 Å². The Kier molecular flexibility index (Phi) is 5.25. The highest BCUT2D eigenvalue weighted by Gasteiger charge is 2.49. The molecular weight excluding hydrogens is 268 g/mol. The minimum Gasteiger partial charge on any atom is -0.481 e. The second-order valence-corrected chi connectivity index (χ2v) is 7.02. The summed E-state index contributed by atoms with van der Waals surface area (Å²) in [5.41, 5.74) is 6.19. The summed E-state index contributed by atoms with van der Waals surface area (Å²) >= 11 is 0. The summed E-state index contributed by atoms with van der Waals surface area (Å²) in [5, 5.41) is 11.9. The van der Waals surface area contributed by atoms with Gasteiger partial charge < -0.3 is 16.2 Å². The SMILES string of the molecule is CC(CCCC(C)C(=O)O)NC(=O)C1C2CCC(C2)C1N. The van der Waals surface area contributed by atoms with E-state index in [0.29, 0.717) is 18.3 Å². The first kappa shape index (κ1) is 16.3. The van der Waals surface area contributed by atoms with Crippen LogP contribution in [-0.4, -0.2) is 29.1 Å². The van der Waals surface area contributed by atoms with Crippen LogP contribution in [0.1, 0.15) is 52.4 Å². The van der Waals surface area contributed by atoms with E-state index in [2.05, 4.69) is 5.32 Å². The van der Waals surface area contributed by atoms with Crippen molar-refractivity contribution in [1.82, 2.24) is 5.32 Å². The maximum Gasteiger partial charge on any atom is 0.306 e. The summed E-state index contributed by atoms with van der Waals surface area (Å²) in [6, 6.07) is 0.118. The van der Waals surface area contributed by atoms with Crippen LogP contribution < -0.4 is 11.1 Å². The summed E-state index contributed by atoms with van der Waals surface area (Å²) in [6.45, 7) is 3.71. The molecule has 5 nitrogen and oxygen atoms in total. The van der Waals surface area contributed by atoms with Gasteiger partial charge in [-0.2, -0.15) is 0 Å². The van der Waals surface area contributed by atoms with E-state index in [0.717, 1.165) is 25.7 Å². The zero-order valence-electron chi connectivity index (χ0n) is 13.0. The molecule has 6 atom stereocenters. The third kappa shape index (κ3) is 3.76. The molecular formula is C16H28N2O3. The number of nitrogens with two attached hydrogens (primary N) is 1. The van der Waals surface area contributed by atoms with Gasteiger partial charge in [-0.1, -0.05) is 13.3 Å².